The maximum atomic E-state index is 4.19. The molecule has 0 spiro atoms. The number of nitrogens with zero attached hydrogens (tertiary/aromatic N) is 3. The van der Waals surface area contributed by atoms with Crippen LogP contribution in [0.1, 0.15) is 42.0 Å². The van der Waals surface area contributed by atoms with Crippen LogP contribution >= 0.6 is 0 Å². The second-order valence-corrected chi connectivity index (χ2v) is 7.01. The standard InChI is InChI=1S/C19H26N4/c1-15-12-20-21-19(15)17-8-11-22(14-17)13-16-6-2-3-7-18(16)23-9-4-5-10-23/h2-3,6-7,12,17H,4-5,8-11,13-14H2,1H3,(H,20,21)/t17-/m1/s1. The third kappa shape index (κ3) is 3.00. The van der Waals surface area contributed by atoms with Gasteiger partial charge in [-0.3, -0.25) is 10.00 Å². The van der Waals surface area contributed by atoms with Crippen LogP contribution in [0.5, 0.6) is 0 Å². The molecular formula is C19H26N4. The largest absolute Gasteiger partial charge is 0.371 e. The molecule has 4 heteroatoms. The third-order valence-corrected chi connectivity index (χ3v) is 5.38. The average molecular weight is 310 g/mol. The number of nitrogens with one attached hydrogen (secondary N) is 1. The van der Waals surface area contributed by atoms with Gasteiger partial charge >= 0.3 is 0 Å². The lowest BCUT2D eigenvalue weighted by Gasteiger charge is -2.24. The Morgan fingerprint density at radius 2 is 2.00 bits per heavy atom. The predicted octanol–water partition coefficient (Wildman–Crippen LogP) is 3.31. The van der Waals surface area contributed by atoms with Crippen LogP contribution in [0.25, 0.3) is 0 Å². The summed E-state index contributed by atoms with van der Waals surface area (Å²) in [6.07, 6.45) is 5.84. The van der Waals surface area contributed by atoms with Gasteiger partial charge in [-0.1, -0.05) is 18.2 Å². The molecule has 2 fully saturated rings. The summed E-state index contributed by atoms with van der Waals surface area (Å²) in [5.41, 5.74) is 5.57. The minimum absolute atomic E-state index is 0.608. The van der Waals surface area contributed by atoms with E-state index in [0.29, 0.717) is 5.92 Å². The number of likely N-dealkylation sites (tertiary alicyclic amines) is 1. The number of aromatic nitrogens is 2. The molecule has 0 aliphatic carbocycles. The summed E-state index contributed by atoms with van der Waals surface area (Å²) in [6.45, 7) is 7.97. The fourth-order valence-electron chi connectivity index (χ4n) is 4.13. The Morgan fingerprint density at radius 1 is 1.17 bits per heavy atom. The van der Waals surface area contributed by atoms with Crippen molar-refractivity contribution in [2.24, 2.45) is 0 Å². The molecule has 4 nitrogen and oxygen atoms in total. The van der Waals surface area contributed by atoms with Crippen LogP contribution in [0.2, 0.25) is 0 Å². The summed E-state index contributed by atoms with van der Waals surface area (Å²) in [4.78, 5) is 5.15. The predicted molar refractivity (Wildman–Crippen MR) is 93.8 cm³/mol. The van der Waals surface area contributed by atoms with Gasteiger partial charge < -0.3 is 4.90 Å². The zero-order valence-corrected chi connectivity index (χ0v) is 14.0. The Morgan fingerprint density at radius 3 is 2.78 bits per heavy atom. The van der Waals surface area contributed by atoms with E-state index in [9.17, 15) is 0 Å². The first-order valence-corrected chi connectivity index (χ1v) is 8.86. The highest BCUT2D eigenvalue weighted by molar-refractivity contribution is 5.54. The zero-order chi connectivity index (χ0) is 15.6. The first kappa shape index (κ1) is 14.8. The molecule has 2 aliphatic rings. The van der Waals surface area contributed by atoms with Gasteiger partial charge in [-0.15, -0.1) is 0 Å². The number of rotatable bonds is 4. The van der Waals surface area contributed by atoms with Gasteiger partial charge in [0.15, 0.2) is 0 Å². The van der Waals surface area contributed by atoms with Crippen LogP contribution in [0, 0.1) is 6.92 Å². The summed E-state index contributed by atoms with van der Waals surface area (Å²) < 4.78 is 0. The molecule has 122 valence electrons. The molecule has 0 amide bonds. The first-order chi connectivity index (χ1) is 11.3. The number of aryl methyl sites for hydroxylation is 1. The molecule has 2 aliphatic heterocycles. The Hall–Kier alpha value is -1.81. The van der Waals surface area contributed by atoms with E-state index in [0.717, 1.165) is 13.1 Å². The van der Waals surface area contributed by atoms with Crippen molar-refractivity contribution in [2.75, 3.05) is 31.1 Å². The number of aromatic amines is 1. The summed E-state index contributed by atoms with van der Waals surface area (Å²) in [5, 5.41) is 7.39. The van der Waals surface area contributed by atoms with Crippen LogP contribution in [0.3, 0.4) is 0 Å². The maximum absolute atomic E-state index is 4.19. The van der Waals surface area contributed by atoms with Gasteiger partial charge in [-0.25, -0.2) is 0 Å². The fourth-order valence-corrected chi connectivity index (χ4v) is 4.13. The van der Waals surface area contributed by atoms with Crippen LogP contribution in [-0.2, 0) is 6.54 Å². The van der Waals surface area contributed by atoms with Crippen molar-refractivity contribution in [3.8, 4) is 0 Å². The van der Waals surface area contributed by atoms with Crippen molar-refractivity contribution in [1.29, 1.82) is 0 Å². The van der Waals surface area contributed by atoms with Crippen LogP contribution in [-0.4, -0.2) is 41.3 Å². The molecule has 4 rings (SSSR count). The molecule has 3 heterocycles. The Balaban J connectivity index is 1.46. The maximum Gasteiger partial charge on any atom is 0.0519 e. The van der Waals surface area contributed by atoms with Crippen LogP contribution < -0.4 is 4.90 Å². The molecule has 0 unspecified atom stereocenters. The third-order valence-electron chi connectivity index (χ3n) is 5.38. The molecule has 1 N–H and O–H groups in total. The van der Waals surface area contributed by atoms with Crippen molar-refractivity contribution in [1.82, 2.24) is 15.1 Å². The van der Waals surface area contributed by atoms with Crippen molar-refractivity contribution in [3.63, 3.8) is 0 Å². The van der Waals surface area contributed by atoms with Crippen molar-refractivity contribution in [2.45, 2.75) is 38.6 Å². The fraction of sp³-hybridized carbons (Fsp3) is 0.526. The molecule has 1 aromatic heterocycles. The van der Waals surface area contributed by atoms with E-state index in [-0.39, 0.29) is 0 Å². The lowest BCUT2D eigenvalue weighted by molar-refractivity contribution is 0.326. The highest BCUT2D eigenvalue weighted by Crippen LogP contribution is 2.31. The molecule has 1 aromatic carbocycles. The summed E-state index contributed by atoms with van der Waals surface area (Å²) in [6, 6.07) is 8.97. The Labute approximate surface area is 138 Å². The Kier molecular flexibility index (Phi) is 4.08. The number of anilines is 1. The number of para-hydroxylation sites is 1. The highest BCUT2D eigenvalue weighted by Gasteiger charge is 2.27. The van der Waals surface area contributed by atoms with E-state index < -0.39 is 0 Å². The number of benzene rings is 1. The van der Waals surface area contributed by atoms with E-state index in [1.165, 1.54) is 61.4 Å². The van der Waals surface area contributed by atoms with Crippen molar-refractivity contribution in [3.05, 3.63) is 47.3 Å². The zero-order valence-electron chi connectivity index (χ0n) is 14.0. The second-order valence-electron chi connectivity index (χ2n) is 7.01. The molecular weight excluding hydrogens is 284 g/mol. The van der Waals surface area contributed by atoms with Gasteiger partial charge in [0.25, 0.3) is 0 Å². The number of hydrogen-bond acceptors (Lipinski definition) is 3. The second kappa shape index (κ2) is 6.36. The summed E-state index contributed by atoms with van der Waals surface area (Å²) >= 11 is 0. The first-order valence-electron chi connectivity index (χ1n) is 8.86. The lowest BCUT2D eigenvalue weighted by atomic mass is 10.0. The molecule has 0 radical (unpaired) electrons. The van der Waals surface area contributed by atoms with Crippen LogP contribution in [0.4, 0.5) is 5.69 Å². The minimum Gasteiger partial charge on any atom is -0.371 e. The highest BCUT2D eigenvalue weighted by atomic mass is 15.2. The van der Waals surface area contributed by atoms with Gasteiger partial charge in [-0.05, 0) is 49.9 Å². The SMILES string of the molecule is Cc1cn[nH]c1[C@@H]1CCN(Cc2ccccc2N2CCCC2)C1. The molecule has 1 atom stereocenters. The van der Waals surface area contributed by atoms with Gasteiger partial charge in [0.05, 0.1) is 6.20 Å². The van der Waals surface area contributed by atoms with Crippen LogP contribution in [0.15, 0.2) is 30.5 Å². The van der Waals surface area contributed by atoms with E-state index in [4.69, 9.17) is 0 Å². The summed E-state index contributed by atoms with van der Waals surface area (Å²) in [5.74, 6) is 0.608. The normalized spacial score (nSPS) is 22.1. The Bertz CT molecular complexity index is 657. The van der Waals surface area contributed by atoms with Crippen molar-refractivity contribution < 1.29 is 0 Å². The van der Waals surface area contributed by atoms with E-state index >= 15 is 0 Å². The molecule has 2 aromatic rings. The number of hydrogen-bond donors (Lipinski definition) is 1. The van der Waals surface area contributed by atoms with Gasteiger partial charge in [0.2, 0.25) is 0 Å². The average Bonchev–Trinajstić information content (AvgIpc) is 3.29. The van der Waals surface area contributed by atoms with E-state index in [1.54, 1.807) is 0 Å². The summed E-state index contributed by atoms with van der Waals surface area (Å²) in [7, 11) is 0. The quantitative estimate of drug-likeness (QED) is 0.941. The smallest absolute Gasteiger partial charge is 0.0519 e. The van der Waals surface area contributed by atoms with Crippen molar-refractivity contribution >= 4 is 5.69 Å². The molecule has 23 heavy (non-hydrogen) atoms. The number of H-pyrrole nitrogens is 1. The molecule has 0 saturated carbocycles. The topological polar surface area (TPSA) is 35.2 Å². The molecule has 2 saturated heterocycles. The van der Waals surface area contributed by atoms with Gasteiger partial charge in [-0.2, -0.15) is 5.10 Å². The van der Waals surface area contributed by atoms with E-state index in [1.807, 2.05) is 6.20 Å². The lowest BCUT2D eigenvalue weighted by Crippen LogP contribution is -2.24. The van der Waals surface area contributed by atoms with Gasteiger partial charge in [0.1, 0.15) is 0 Å². The van der Waals surface area contributed by atoms with E-state index in [2.05, 4.69) is 51.2 Å². The molecule has 0 bridgehead atoms. The van der Waals surface area contributed by atoms with Gasteiger partial charge in [0, 0.05) is 43.5 Å². The monoisotopic (exact) mass is 310 g/mol. The minimum atomic E-state index is 0.608.